The number of hydrogen-bond donors (Lipinski definition) is 2. The number of benzene rings is 1. The Labute approximate surface area is 136 Å². The van der Waals surface area contributed by atoms with E-state index >= 15 is 0 Å². The number of nitrogens with zero attached hydrogens (tertiary/aromatic N) is 1. The Morgan fingerprint density at radius 3 is 2.57 bits per heavy atom. The van der Waals surface area contributed by atoms with Gasteiger partial charge in [-0.1, -0.05) is 6.07 Å². The summed E-state index contributed by atoms with van der Waals surface area (Å²) in [5, 5.41) is 5.18. The first-order valence-corrected chi connectivity index (χ1v) is 8.98. The molecule has 0 spiro atoms. The number of amides is 2. The van der Waals surface area contributed by atoms with Crippen LogP contribution in [0.4, 0.5) is 5.69 Å². The van der Waals surface area contributed by atoms with Crippen molar-refractivity contribution in [3.63, 3.8) is 0 Å². The van der Waals surface area contributed by atoms with Gasteiger partial charge in [-0.25, -0.2) is 8.42 Å². The molecular formula is C15H21N3O4S. The van der Waals surface area contributed by atoms with Crippen LogP contribution in [-0.4, -0.2) is 44.2 Å². The lowest BCUT2D eigenvalue weighted by atomic mass is 10.3. The molecule has 2 amide bonds. The summed E-state index contributed by atoms with van der Waals surface area (Å²) in [5.41, 5.74) is 0.429. The molecule has 7 nitrogen and oxygen atoms in total. The molecule has 1 aliphatic rings. The van der Waals surface area contributed by atoms with Gasteiger partial charge in [0.25, 0.3) is 0 Å². The minimum atomic E-state index is -3.50. The minimum Gasteiger partial charge on any atom is -0.356 e. The molecule has 0 saturated carbocycles. The molecule has 0 aliphatic carbocycles. The van der Waals surface area contributed by atoms with E-state index < -0.39 is 10.0 Å². The molecule has 2 rings (SSSR count). The Balaban J connectivity index is 2.02. The maximum atomic E-state index is 12.5. The molecule has 0 unspecified atom stereocenters. The molecule has 1 heterocycles. The number of anilines is 1. The summed E-state index contributed by atoms with van der Waals surface area (Å²) < 4.78 is 26.4. The molecule has 0 bridgehead atoms. The highest BCUT2D eigenvalue weighted by molar-refractivity contribution is 7.89. The van der Waals surface area contributed by atoms with E-state index in [0.717, 1.165) is 12.8 Å². The highest BCUT2D eigenvalue weighted by atomic mass is 32.2. The van der Waals surface area contributed by atoms with Crippen molar-refractivity contribution in [2.24, 2.45) is 0 Å². The second-order valence-corrected chi connectivity index (χ2v) is 7.36. The van der Waals surface area contributed by atoms with Crippen molar-refractivity contribution in [3.05, 3.63) is 24.3 Å². The zero-order valence-corrected chi connectivity index (χ0v) is 13.9. The topological polar surface area (TPSA) is 95.6 Å². The van der Waals surface area contributed by atoms with Crippen LogP contribution in [0.15, 0.2) is 29.2 Å². The highest BCUT2D eigenvalue weighted by Crippen LogP contribution is 2.23. The van der Waals surface area contributed by atoms with E-state index in [4.69, 9.17) is 0 Å². The minimum absolute atomic E-state index is 0.128. The van der Waals surface area contributed by atoms with Crippen molar-refractivity contribution >= 4 is 27.5 Å². The Bertz CT molecular complexity index is 682. The molecule has 1 aliphatic heterocycles. The van der Waals surface area contributed by atoms with Crippen LogP contribution >= 0.6 is 0 Å². The van der Waals surface area contributed by atoms with Gasteiger partial charge in [0.1, 0.15) is 0 Å². The van der Waals surface area contributed by atoms with E-state index in [1.54, 1.807) is 12.1 Å². The number of carbonyl (C=O) groups is 2. The molecule has 8 heteroatoms. The van der Waals surface area contributed by atoms with Gasteiger partial charge in [0.2, 0.25) is 21.8 Å². The van der Waals surface area contributed by atoms with Gasteiger partial charge in [-0.3, -0.25) is 9.59 Å². The lowest BCUT2D eigenvalue weighted by molar-refractivity contribution is -0.119. The molecular weight excluding hydrogens is 318 g/mol. The third kappa shape index (κ3) is 4.77. The van der Waals surface area contributed by atoms with Crippen LogP contribution in [-0.2, 0) is 19.6 Å². The summed E-state index contributed by atoms with van der Waals surface area (Å²) in [6.45, 7) is 2.70. The van der Waals surface area contributed by atoms with E-state index in [2.05, 4.69) is 10.6 Å². The van der Waals surface area contributed by atoms with Gasteiger partial charge in [0.15, 0.2) is 0 Å². The first kappa shape index (κ1) is 17.4. The quantitative estimate of drug-likeness (QED) is 0.806. The van der Waals surface area contributed by atoms with Crippen LogP contribution in [0, 0.1) is 0 Å². The van der Waals surface area contributed by atoms with Crippen molar-refractivity contribution in [1.29, 1.82) is 0 Å². The average Bonchev–Trinajstić information content (AvgIpc) is 3.02. The van der Waals surface area contributed by atoms with Gasteiger partial charge in [-0.2, -0.15) is 4.31 Å². The van der Waals surface area contributed by atoms with Gasteiger partial charge < -0.3 is 10.6 Å². The second kappa shape index (κ2) is 7.56. The van der Waals surface area contributed by atoms with Crippen LogP contribution in [0.5, 0.6) is 0 Å². The molecule has 1 fully saturated rings. The fourth-order valence-corrected chi connectivity index (χ4v) is 3.95. The van der Waals surface area contributed by atoms with Crippen molar-refractivity contribution < 1.29 is 18.0 Å². The van der Waals surface area contributed by atoms with Crippen molar-refractivity contribution in [1.82, 2.24) is 9.62 Å². The number of rotatable bonds is 6. The fourth-order valence-electron chi connectivity index (χ4n) is 2.39. The summed E-state index contributed by atoms with van der Waals surface area (Å²) in [4.78, 5) is 22.7. The zero-order valence-electron chi connectivity index (χ0n) is 13.0. The maximum Gasteiger partial charge on any atom is 0.243 e. The smallest absolute Gasteiger partial charge is 0.243 e. The van der Waals surface area contributed by atoms with E-state index in [9.17, 15) is 18.0 Å². The summed E-state index contributed by atoms with van der Waals surface area (Å²) in [6, 6.07) is 6.23. The van der Waals surface area contributed by atoms with Gasteiger partial charge in [0.05, 0.1) is 4.90 Å². The molecule has 1 aromatic carbocycles. The number of hydrogen-bond acceptors (Lipinski definition) is 4. The number of nitrogens with one attached hydrogen (secondary N) is 2. The number of sulfonamides is 1. The Hall–Kier alpha value is -1.93. The van der Waals surface area contributed by atoms with Crippen LogP contribution < -0.4 is 10.6 Å². The fraction of sp³-hybridized carbons (Fsp3) is 0.467. The van der Waals surface area contributed by atoms with Gasteiger partial charge in [0, 0.05) is 38.7 Å². The van der Waals surface area contributed by atoms with E-state index in [1.807, 2.05) is 0 Å². The van der Waals surface area contributed by atoms with E-state index in [1.165, 1.54) is 23.4 Å². The summed E-state index contributed by atoms with van der Waals surface area (Å²) in [7, 11) is -3.50. The normalized spacial score (nSPS) is 15.3. The van der Waals surface area contributed by atoms with Crippen LogP contribution in [0.2, 0.25) is 0 Å². The van der Waals surface area contributed by atoms with E-state index in [-0.39, 0.29) is 29.7 Å². The average molecular weight is 339 g/mol. The number of carbonyl (C=O) groups excluding carboxylic acids is 2. The predicted octanol–water partition coefficient (Wildman–Crippen LogP) is 0.936. The monoisotopic (exact) mass is 339 g/mol. The van der Waals surface area contributed by atoms with Crippen LogP contribution in [0.25, 0.3) is 0 Å². The Morgan fingerprint density at radius 2 is 1.91 bits per heavy atom. The summed E-state index contributed by atoms with van der Waals surface area (Å²) in [5.74, 6) is -0.481. The lowest BCUT2D eigenvalue weighted by Crippen LogP contribution is -2.28. The van der Waals surface area contributed by atoms with Crippen molar-refractivity contribution in [3.8, 4) is 0 Å². The van der Waals surface area contributed by atoms with Crippen LogP contribution in [0.1, 0.15) is 26.2 Å². The molecule has 1 saturated heterocycles. The third-order valence-electron chi connectivity index (χ3n) is 3.55. The van der Waals surface area contributed by atoms with Gasteiger partial charge in [-0.05, 0) is 31.0 Å². The highest BCUT2D eigenvalue weighted by Gasteiger charge is 2.27. The SMILES string of the molecule is CC(=O)NCCC(=O)Nc1cccc(S(=O)(=O)N2CCCC2)c1. The van der Waals surface area contributed by atoms with Crippen molar-refractivity contribution in [2.45, 2.75) is 31.1 Å². The van der Waals surface area contributed by atoms with Gasteiger partial charge >= 0.3 is 0 Å². The molecule has 0 aromatic heterocycles. The first-order chi connectivity index (χ1) is 10.9. The Morgan fingerprint density at radius 1 is 1.22 bits per heavy atom. The largest absolute Gasteiger partial charge is 0.356 e. The Kier molecular flexibility index (Phi) is 5.73. The zero-order chi connectivity index (χ0) is 16.9. The maximum absolute atomic E-state index is 12.5. The predicted molar refractivity (Wildman–Crippen MR) is 86.4 cm³/mol. The van der Waals surface area contributed by atoms with Crippen molar-refractivity contribution in [2.75, 3.05) is 25.0 Å². The molecule has 0 atom stereocenters. The van der Waals surface area contributed by atoms with Crippen LogP contribution in [0.3, 0.4) is 0 Å². The molecule has 0 radical (unpaired) electrons. The molecule has 1 aromatic rings. The second-order valence-electron chi connectivity index (χ2n) is 5.42. The lowest BCUT2D eigenvalue weighted by Gasteiger charge is -2.16. The molecule has 23 heavy (non-hydrogen) atoms. The molecule has 126 valence electrons. The molecule has 2 N–H and O–H groups in total. The first-order valence-electron chi connectivity index (χ1n) is 7.54. The third-order valence-corrected chi connectivity index (χ3v) is 5.44. The van der Waals surface area contributed by atoms with Gasteiger partial charge in [-0.15, -0.1) is 0 Å². The summed E-state index contributed by atoms with van der Waals surface area (Å²) in [6.07, 6.45) is 1.88. The standard InChI is InChI=1S/C15H21N3O4S/c1-12(19)16-8-7-15(20)17-13-5-4-6-14(11-13)23(21,22)18-9-2-3-10-18/h4-6,11H,2-3,7-10H2,1H3,(H,16,19)(H,17,20). The summed E-state index contributed by atoms with van der Waals surface area (Å²) >= 11 is 0. The van der Waals surface area contributed by atoms with E-state index in [0.29, 0.717) is 18.8 Å².